The highest BCUT2D eigenvalue weighted by molar-refractivity contribution is 6.36. The number of carbonyl (C=O) groups is 1. The van der Waals surface area contributed by atoms with E-state index in [0.29, 0.717) is 28.5 Å². The maximum Gasteiger partial charge on any atom is 0.278 e. The minimum Gasteiger partial charge on any atom is -0.481 e. The Morgan fingerprint density at radius 2 is 1.85 bits per heavy atom. The number of methoxy groups -OCH3 is 1. The number of nitrogens with zero attached hydrogens (tertiary/aromatic N) is 5. The molecular weight excluding hydrogens is 614 g/mol. The van der Waals surface area contributed by atoms with E-state index in [0.717, 1.165) is 76.9 Å². The minimum atomic E-state index is -0.220. The molecule has 238 valence electrons. The van der Waals surface area contributed by atoms with Crippen molar-refractivity contribution in [3.05, 3.63) is 93.0 Å². The van der Waals surface area contributed by atoms with E-state index in [2.05, 4.69) is 31.7 Å². The molecule has 1 aliphatic carbocycles. The molecule has 2 aliphatic heterocycles. The Bertz CT molecular complexity index is 2160. The van der Waals surface area contributed by atoms with E-state index in [-0.39, 0.29) is 23.0 Å². The average Bonchev–Trinajstić information content (AvgIpc) is 3.67. The summed E-state index contributed by atoms with van der Waals surface area (Å²) in [5, 5.41) is 12.5. The van der Waals surface area contributed by atoms with E-state index in [1.54, 1.807) is 32.6 Å². The van der Waals surface area contributed by atoms with Crippen LogP contribution in [-0.2, 0) is 18.3 Å². The molecule has 3 aliphatic rings. The molecule has 2 fully saturated rings. The highest BCUT2D eigenvalue weighted by atomic mass is 35.5. The minimum absolute atomic E-state index is 0.0701. The van der Waals surface area contributed by atoms with Crippen LogP contribution in [0.15, 0.2) is 65.7 Å². The first-order chi connectivity index (χ1) is 22.7. The van der Waals surface area contributed by atoms with Crippen molar-refractivity contribution in [2.24, 2.45) is 7.05 Å². The second-order valence-electron chi connectivity index (χ2n) is 12.8. The molecule has 0 bridgehead atoms. The Morgan fingerprint density at radius 3 is 2.64 bits per heavy atom. The largest absolute Gasteiger partial charge is 0.481 e. The van der Waals surface area contributed by atoms with Gasteiger partial charge in [0, 0.05) is 66.6 Å². The van der Waals surface area contributed by atoms with E-state index in [9.17, 15) is 9.59 Å². The van der Waals surface area contributed by atoms with E-state index < -0.39 is 0 Å². The number of aryl methyl sites for hydroxylation is 2. The van der Waals surface area contributed by atoms with Crippen molar-refractivity contribution in [3.63, 3.8) is 0 Å². The van der Waals surface area contributed by atoms with Gasteiger partial charge in [-0.1, -0.05) is 41.9 Å². The molecule has 2 aromatic carbocycles. The van der Waals surface area contributed by atoms with Gasteiger partial charge in [0.15, 0.2) is 0 Å². The van der Waals surface area contributed by atoms with Crippen LogP contribution in [0.2, 0.25) is 5.02 Å². The number of pyridine rings is 2. The molecule has 5 aromatic rings. The molecular formula is C36H34ClN7O3. The smallest absolute Gasteiger partial charge is 0.278 e. The highest BCUT2D eigenvalue weighted by Gasteiger charge is 2.51. The number of fused-ring (bicyclic) bond motifs is 2. The normalized spacial score (nSPS) is 18.3. The van der Waals surface area contributed by atoms with Crippen molar-refractivity contribution < 1.29 is 9.53 Å². The SMILES string of the molecule is COc1nc(-c2cccc(-c3cccc(Nc4nccc5cnn(C)c(=O)c45)c3C)c2Cl)cc2c1[C@@H](N1CC3(CCC(=O)N3)C1)CC2. The van der Waals surface area contributed by atoms with Crippen LogP contribution in [-0.4, -0.2) is 56.3 Å². The lowest BCUT2D eigenvalue weighted by molar-refractivity contribution is -0.121. The van der Waals surface area contributed by atoms with Gasteiger partial charge in [0.2, 0.25) is 11.8 Å². The number of halogens is 1. The molecule has 10 nitrogen and oxygen atoms in total. The van der Waals surface area contributed by atoms with Gasteiger partial charge in [-0.3, -0.25) is 14.5 Å². The molecule has 1 spiro atoms. The molecule has 3 aromatic heterocycles. The number of hydrogen-bond donors (Lipinski definition) is 2. The van der Waals surface area contributed by atoms with Crippen LogP contribution in [0.3, 0.4) is 0 Å². The molecule has 0 saturated carbocycles. The van der Waals surface area contributed by atoms with Gasteiger partial charge in [-0.05, 0) is 61.1 Å². The summed E-state index contributed by atoms with van der Waals surface area (Å²) in [5.74, 6) is 1.26. The number of aromatic nitrogens is 4. The van der Waals surface area contributed by atoms with Crippen molar-refractivity contribution >= 4 is 39.8 Å². The average molecular weight is 648 g/mol. The van der Waals surface area contributed by atoms with Gasteiger partial charge in [0.1, 0.15) is 5.82 Å². The number of amides is 1. The molecule has 1 amide bonds. The first kappa shape index (κ1) is 29.6. The van der Waals surface area contributed by atoms with Gasteiger partial charge in [-0.15, -0.1) is 0 Å². The van der Waals surface area contributed by atoms with Gasteiger partial charge in [-0.25, -0.2) is 14.6 Å². The van der Waals surface area contributed by atoms with Crippen molar-refractivity contribution in [3.8, 4) is 28.3 Å². The zero-order valence-electron chi connectivity index (χ0n) is 26.4. The summed E-state index contributed by atoms with van der Waals surface area (Å²) >= 11 is 7.21. The number of nitrogens with one attached hydrogen (secondary N) is 2. The number of likely N-dealkylation sites (tertiary alicyclic amines) is 1. The third-order valence-corrected chi connectivity index (χ3v) is 10.4. The Balaban J connectivity index is 1.12. The first-order valence-electron chi connectivity index (χ1n) is 15.8. The molecule has 0 radical (unpaired) electrons. The molecule has 1 atom stereocenters. The lowest BCUT2D eigenvalue weighted by atomic mass is 9.86. The summed E-state index contributed by atoms with van der Waals surface area (Å²) in [6.45, 7) is 3.75. The fourth-order valence-corrected chi connectivity index (χ4v) is 7.92. The summed E-state index contributed by atoms with van der Waals surface area (Å²) in [4.78, 5) is 36.8. The molecule has 11 heteroatoms. The molecule has 5 heterocycles. The maximum atomic E-state index is 13.0. The van der Waals surface area contributed by atoms with E-state index in [4.69, 9.17) is 21.3 Å². The van der Waals surface area contributed by atoms with Crippen molar-refractivity contribution in [2.75, 3.05) is 25.5 Å². The van der Waals surface area contributed by atoms with Crippen molar-refractivity contribution in [1.82, 2.24) is 30.0 Å². The third-order valence-electron chi connectivity index (χ3n) is 10.0. The third kappa shape index (κ3) is 4.85. The Morgan fingerprint density at radius 1 is 1.06 bits per heavy atom. The van der Waals surface area contributed by atoms with E-state index >= 15 is 0 Å². The van der Waals surface area contributed by atoms with Crippen LogP contribution < -0.4 is 20.9 Å². The summed E-state index contributed by atoms with van der Waals surface area (Å²) in [6, 6.07) is 16.1. The topological polar surface area (TPSA) is 114 Å². The summed E-state index contributed by atoms with van der Waals surface area (Å²) in [6.07, 6.45) is 6.76. The maximum absolute atomic E-state index is 13.0. The summed E-state index contributed by atoms with van der Waals surface area (Å²) in [7, 11) is 3.30. The number of carbonyl (C=O) groups excluding carboxylic acids is 1. The van der Waals surface area contributed by atoms with Gasteiger partial charge >= 0.3 is 0 Å². The zero-order valence-corrected chi connectivity index (χ0v) is 27.2. The predicted octanol–water partition coefficient (Wildman–Crippen LogP) is 5.72. The summed E-state index contributed by atoms with van der Waals surface area (Å²) < 4.78 is 7.21. The Labute approximate surface area is 276 Å². The molecule has 2 N–H and O–H groups in total. The number of rotatable bonds is 6. The molecule has 2 saturated heterocycles. The first-order valence-corrected chi connectivity index (χ1v) is 16.2. The number of hydrogen-bond acceptors (Lipinski definition) is 8. The quantitative estimate of drug-likeness (QED) is 0.241. The standard InChI is InChI=1S/C36H34ClN7O3/c1-20-23(6-5-9-26(20)40-33-31-22(13-15-38-33)17-39-43(2)35(31)46)24-7-4-8-25(32(24)37)27-16-21-10-11-28(30(21)34(41-27)47-3)44-18-36(19-44)14-12-29(45)42-36/h4-9,13,15-17,28H,10-12,14,18-19H2,1-3H3,(H,38,40)(H,42,45)/t28-/m0/s1. The predicted molar refractivity (Wildman–Crippen MR) is 182 cm³/mol. The Hall–Kier alpha value is -4.80. The van der Waals surface area contributed by atoms with Crippen LogP contribution in [0, 0.1) is 6.92 Å². The van der Waals surface area contributed by atoms with Crippen LogP contribution in [0.5, 0.6) is 5.88 Å². The van der Waals surface area contributed by atoms with Crippen LogP contribution in [0.1, 0.15) is 42.0 Å². The second kappa shape index (κ2) is 11.2. The number of anilines is 2. The monoisotopic (exact) mass is 647 g/mol. The summed E-state index contributed by atoms with van der Waals surface area (Å²) in [5.41, 5.74) is 7.28. The second-order valence-corrected chi connectivity index (χ2v) is 13.2. The molecule has 47 heavy (non-hydrogen) atoms. The fourth-order valence-electron chi connectivity index (χ4n) is 7.60. The van der Waals surface area contributed by atoms with Gasteiger partial charge < -0.3 is 15.4 Å². The van der Waals surface area contributed by atoms with Crippen LogP contribution in [0.25, 0.3) is 33.2 Å². The van der Waals surface area contributed by atoms with Crippen LogP contribution >= 0.6 is 11.6 Å². The van der Waals surface area contributed by atoms with E-state index in [1.807, 2.05) is 43.3 Å². The highest BCUT2D eigenvalue weighted by Crippen LogP contribution is 2.47. The fraction of sp³-hybridized carbons (Fsp3) is 0.306. The van der Waals surface area contributed by atoms with Crippen LogP contribution in [0.4, 0.5) is 11.5 Å². The van der Waals surface area contributed by atoms with E-state index in [1.165, 1.54) is 10.2 Å². The van der Waals surface area contributed by atoms with Gasteiger partial charge in [0.05, 0.1) is 34.9 Å². The molecule has 8 rings (SSSR count). The van der Waals surface area contributed by atoms with Gasteiger partial charge in [0.25, 0.3) is 5.56 Å². The lowest BCUT2D eigenvalue weighted by Crippen LogP contribution is -2.67. The van der Waals surface area contributed by atoms with Crippen molar-refractivity contribution in [1.29, 1.82) is 0 Å². The number of ether oxygens (including phenoxy) is 1. The van der Waals surface area contributed by atoms with Crippen molar-refractivity contribution in [2.45, 2.75) is 44.2 Å². The molecule has 0 unspecified atom stereocenters. The number of benzene rings is 2. The lowest BCUT2D eigenvalue weighted by Gasteiger charge is -2.50. The Kier molecular flexibility index (Phi) is 7.03. The van der Waals surface area contributed by atoms with Gasteiger partial charge in [-0.2, -0.15) is 5.10 Å². The zero-order chi connectivity index (χ0) is 32.4.